The molecular formula is C29H21F21Se. The second-order valence-corrected chi connectivity index (χ2v) is 13.1. The number of halogens is 21. The maximum absolute atomic E-state index is 15.0. The first-order chi connectivity index (χ1) is 22.7. The van der Waals surface area contributed by atoms with Crippen LogP contribution in [0.1, 0.15) is 37.3 Å². The third-order valence-corrected chi connectivity index (χ3v) is 9.39. The molecule has 0 aliphatic heterocycles. The number of benzene rings is 2. The van der Waals surface area contributed by atoms with Gasteiger partial charge in [0, 0.05) is 0 Å². The van der Waals surface area contributed by atoms with Crippen LogP contribution in [0.25, 0.3) is 4.47 Å². The summed E-state index contributed by atoms with van der Waals surface area (Å²) in [5.41, 5.74) is 0.0496. The van der Waals surface area contributed by atoms with E-state index in [1.165, 1.54) is 42.5 Å². The molecule has 0 nitrogen and oxygen atoms in total. The topological polar surface area (TPSA) is 0 Å². The molecule has 0 aliphatic rings. The third kappa shape index (κ3) is 7.40. The Labute approximate surface area is 280 Å². The van der Waals surface area contributed by atoms with Crippen molar-refractivity contribution in [1.82, 2.24) is 0 Å². The minimum atomic E-state index is -9.20. The van der Waals surface area contributed by atoms with Crippen molar-refractivity contribution in [1.29, 1.82) is 0 Å². The van der Waals surface area contributed by atoms with Gasteiger partial charge in [-0.15, -0.1) is 0 Å². The number of unbranched alkanes of at least 4 members (excludes halogenated alkanes) is 2. The zero-order valence-electron chi connectivity index (χ0n) is 24.9. The predicted molar refractivity (Wildman–Crippen MR) is 140 cm³/mol. The Morgan fingerprint density at radius 3 is 1.27 bits per heavy atom. The SMILES string of the molecule is CCCCCc1ccc(/C(=C\C(F)(F)C(F)(F)C(F)(F)C(F)(F)C(F)(F)C(F)(F)C(F)(F)C(F)(F)C(F)(F)C(F)(F)F)[Se]c2ccccc2)cc1. The first-order valence-corrected chi connectivity index (χ1v) is 15.5. The molecule has 0 aliphatic carbocycles. The molecule has 290 valence electrons. The standard InChI is InChI=1S/C29H21F21Se/c1-2-3-5-8-16-11-13-17(14-12-16)19(51-18-9-6-4-7-10-18)15-20(30,31)21(32,33)22(34,35)23(36,37)24(38,39)25(40,41)26(42,43)27(44,45)28(46,47)29(48,49)50/h4,6-7,9-15H,2-3,5,8H2,1H3/b19-15+. The van der Waals surface area contributed by atoms with Gasteiger partial charge in [0.15, 0.2) is 0 Å². The Kier molecular flexibility index (Phi) is 12.4. The van der Waals surface area contributed by atoms with Gasteiger partial charge >= 0.3 is 267 Å². The van der Waals surface area contributed by atoms with E-state index in [2.05, 4.69) is 0 Å². The van der Waals surface area contributed by atoms with E-state index in [-0.39, 0.29) is 4.46 Å². The summed E-state index contributed by atoms with van der Waals surface area (Å²) < 4.78 is 290. The normalized spacial score (nSPS) is 15.4. The molecule has 2 aromatic carbocycles. The zero-order valence-corrected chi connectivity index (χ0v) is 26.7. The minimum absolute atomic E-state index is 0.00414. The van der Waals surface area contributed by atoms with Gasteiger partial charge in [0.05, 0.1) is 0 Å². The first-order valence-electron chi connectivity index (χ1n) is 13.7. The van der Waals surface area contributed by atoms with Crippen LogP contribution in [0.2, 0.25) is 0 Å². The first kappa shape index (κ1) is 44.4. The van der Waals surface area contributed by atoms with Crippen LogP contribution in [0.15, 0.2) is 60.7 Å². The molecule has 0 atom stereocenters. The second-order valence-electron chi connectivity index (χ2n) is 10.8. The molecule has 0 N–H and O–H groups in total. The van der Waals surface area contributed by atoms with E-state index < -0.39 is 90.5 Å². The quantitative estimate of drug-likeness (QED) is 0.0897. The molecule has 0 bridgehead atoms. The van der Waals surface area contributed by atoms with Gasteiger partial charge in [0.1, 0.15) is 0 Å². The molecule has 22 heteroatoms. The molecule has 2 aromatic rings. The monoisotopic (exact) mass is 848 g/mol. The summed E-state index contributed by atoms with van der Waals surface area (Å²) in [5.74, 6) is -77.4. The molecule has 0 fully saturated rings. The summed E-state index contributed by atoms with van der Waals surface area (Å²) >= 11 is -1.66. The number of aryl methyl sites for hydroxylation is 1. The summed E-state index contributed by atoms with van der Waals surface area (Å²) in [6.07, 6.45) is -6.66. The predicted octanol–water partition coefficient (Wildman–Crippen LogP) is 11.1. The molecule has 0 aromatic heterocycles. The zero-order chi connectivity index (χ0) is 39.9. The number of rotatable bonds is 16. The van der Waals surface area contributed by atoms with Gasteiger partial charge in [-0.05, 0) is 0 Å². The van der Waals surface area contributed by atoms with Crippen LogP contribution in [0.4, 0.5) is 92.2 Å². The Morgan fingerprint density at radius 2 is 0.882 bits per heavy atom. The average molecular weight is 847 g/mol. The van der Waals surface area contributed by atoms with Crippen molar-refractivity contribution in [3.05, 3.63) is 71.8 Å². The van der Waals surface area contributed by atoms with Crippen LogP contribution in [0.5, 0.6) is 0 Å². The van der Waals surface area contributed by atoms with Gasteiger partial charge in [-0.3, -0.25) is 0 Å². The summed E-state index contributed by atoms with van der Waals surface area (Å²) in [6, 6.07) is 10.7. The van der Waals surface area contributed by atoms with E-state index in [1.54, 1.807) is 0 Å². The summed E-state index contributed by atoms with van der Waals surface area (Å²) in [7, 11) is 0. The van der Waals surface area contributed by atoms with Crippen molar-refractivity contribution in [2.24, 2.45) is 0 Å². The Hall–Kier alpha value is -2.77. The van der Waals surface area contributed by atoms with E-state index in [1.807, 2.05) is 6.92 Å². The molecule has 0 saturated heterocycles. The van der Waals surface area contributed by atoms with Crippen LogP contribution in [0, 0.1) is 0 Å². The van der Waals surface area contributed by atoms with E-state index >= 15 is 0 Å². The Balaban J connectivity index is 2.72. The van der Waals surface area contributed by atoms with Gasteiger partial charge in [-0.25, -0.2) is 0 Å². The van der Waals surface area contributed by atoms with Crippen LogP contribution in [-0.2, 0) is 6.42 Å². The van der Waals surface area contributed by atoms with Crippen LogP contribution in [0.3, 0.4) is 0 Å². The Bertz CT molecular complexity index is 1490. The summed E-state index contributed by atoms with van der Waals surface area (Å²) in [6.45, 7) is 1.85. The molecule has 0 spiro atoms. The van der Waals surface area contributed by atoms with Crippen molar-refractivity contribution < 1.29 is 92.2 Å². The molecule has 0 radical (unpaired) electrons. The fraction of sp³-hybridized carbons (Fsp3) is 0.517. The molecule has 2 rings (SSSR count). The third-order valence-electron chi connectivity index (χ3n) is 7.13. The fourth-order valence-electron chi connectivity index (χ4n) is 4.03. The Morgan fingerprint density at radius 1 is 0.490 bits per heavy atom. The van der Waals surface area contributed by atoms with Gasteiger partial charge in [0.2, 0.25) is 0 Å². The van der Waals surface area contributed by atoms with Gasteiger partial charge < -0.3 is 0 Å². The van der Waals surface area contributed by atoms with Gasteiger partial charge in [-0.1, -0.05) is 0 Å². The number of hydrogen-bond acceptors (Lipinski definition) is 0. The van der Waals surface area contributed by atoms with E-state index in [9.17, 15) is 92.2 Å². The number of hydrogen-bond donors (Lipinski definition) is 0. The maximum atomic E-state index is 15.0. The van der Waals surface area contributed by atoms with Crippen LogP contribution < -0.4 is 4.46 Å². The van der Waals surface area contributed by atoms with Gasteiger partial charge in [-0.2, -0.15) is 13.2 Å². The molecule has 0 heterocycles. The van der Waals surface area contributed by atoms with Crippen LogP contribution in [-0.4, -0.2) is 74.4 Å². The fourth-order valence-corrected chi connectivity index (χ4v) is 6.14. The molecule has 0 unspecified atom stereocenters. The second kappa shape index (κ2) is 14.2. The number of alkyl halides is 21. The van der Waals surface area contributed by atoms with Gasteiger partial charge in [0.25, 0.3) is 0 Å². The van der Waals surface area contributed by atoms with Crippen molar-refractivity contribution in [3.8, 4) is 0 Å². The molecule has 0 saturated carbocycles. The molecule has 0 amide bonds. The average Bonchev–Trinajstić information content (AvgIpc) is 3.00. The van der Waals surface area contributed by atoms with Crippen molar-refractivity contribution in [2.45, 2.75) is 92.1 Å². The van der Waals surface area contributed by atoms with Crippen molar-refractivity contribution in [3.63, 3.8) is 0 Å². The molecule has 51 heavy (non-hydrogen) atoms. The van der Waals surface area contributed by atoms with E-state index in [4.69, 9.17) is 0 Å². The summed E-state index contributed by atoms with van der Waals surface area (Å²) in [4.78, 5) is 0. The molecular weight excluding hydrogens is 826 g/mol. The van der Waals surface area contributed by atoms with E-state index in [0.29, 0.717) is 18.4 Å². The number of allylic oxidation sites excluding steroid dienone is 1. The van der Waals surface area contributed by atoms with E-state index in [0.717, 1.165) is 25.0 Å². The summed E-state index contributed by atoms with van der Waals surface area (Å²) in [5, 5.41) is 0. The van der Waals surface area contributed by atoms with Crippen molar-refractivity contribution >= 4 is 23.9 Å². The van der Waals surface area contributed by atoms with Crippen LogP contribution >= 0.6 is 0 Å². The van der Waals surface area contributed by atoms with Crippen molar-refractivity contribution in [2.75, 3.05) is 0 Å².